The highest BCUT2D eigenvalue weighted by atomic mass is 16.6. The summed E-state index contributed by atoms with van der Waals surface area (Å²) in [4.78, 5) is 34.9. The predicted octanol–water partition coefficient (Wildman–Crippen LogP) is 0.0718. The van der Waals surface area contributed by atoms with E-state index in [2.05, 4.69) is 16.0 Å². The van der Waals surface area contributed by atoms with E-state index in [0.29, 0.717) is 13.1 Å². The zero-order chi connectivity index (χ0) is 17.2. The number of carbonyl (C=O) groups excluding carboxylic acids is 2. The van der Waals surface area contributed by atoms with Crippen LogP contribution in [-0.2, 0) is 11.3 Å². The van der Waals surface area contributed by atoms with Crippen molar-refractivity contribution in [3.8, 4) is 0 Å². The molecule has 9 heteroatoms. The third-order valence-electron chi connectivity index (χ3n) is 3.12. The van der Waals surface area contributed by atoms with Gasteiger partial charge >= 0.3 is 6.03 Å². The van der Waals surface area contributed by atoms with Crippen molar-refractivity contribution in [2.75, 3.05) is 33.7 Å². The minimum Gasteiger partial charge on any atom is -0.343 e. The topological polar surface area (TPSA) is 117 Å². The van der Waals surface area contributed by atoms with Crippen LogP contribution in [0.5, 0.6) is 0 Å². The molecular formula is C14H21N5O4. The van der Waals surface area contributed by atoms with E-state index in [1.807, 2.05) is 0 Å². The summed E-state index contributed by atoms with van der Waals surface area (Å²) in [6, 6.07) is 5.40. The molecule has 0 fully saturated rings. The van der Waals surface area contributed by atoms with Crippen LogP contribution in [0.25, 0.3) is 0 Å². The van der Waals surface area contributed by atoms with Crippen molar-refractivity contribution in [3.05, 3.63) is 39.9 Å². The summed E-state index contributed by atoms with van der Waals surface area (Å²) in [7, 11) is 3.46. The fourth-order valence-corrected chi connectivity index (χ4v) is 1.68. The first-order valence-electron chi connectivity index (χ1n) is 7.07. The third kappa shape index (κ3) is 6.74. The van der Waals surface area contributed by atoms with Gasteiger partial charge in [0.05, 0.1) is 11.5 Å². The summed E-state index contributed by atoms with van der Waals surface area (Å²) < 4.78 is 0. The molecule has 0 heterocycles. The third-order valence-corrected chi connectivity index (χ3v) is 3.12. The van der Waals surface area contributed by atoms with Gasteiger partial charge in [0, 0.05) is 38.8 Å². The van der Waals surface area contributed by atoms with E-state index in [0.717, 1.165) is 5.56 Å². The molecule has 0 aliphatic heterocycles. The Bertz CT molecular complexity index is 547. The van der Waals surface area contributed by atoms with Gasteiger partial charge in [0.25, 0.3) is 5.69 Å². The Kier molecular flexibility index (Phi) is 7.48. The van der Waals surface area contributed by atoms with E-state index in [-0.39, 0.29) is 24.7 Å². The lowest BCUT2D eigenvalue weighted by molar-refractivity contribution is -0.384. The average Bonchev–Trinajstić information content (AvgIpc) is 2.55. The Morgan fingerprint density at radius 2 is 1.87 bits per heavy atom. The minimum absolute atomic E-state index is 0.00611. The molecule has 9 nitrogen and oxygen atoms in total. The molecule has 0 radical (unpaired) electrons. The molecule has 0 unspecified atom stereocenters. The minimum atomic E-state index is -0.486. The van der Waals surface area contributed by atoms with Crippen molar-refractivity contribution in [1.82, 2.24) is 20.9 Å². The van der Waals surface area contributed by atoms with Crippen molar-refractivity contribution in [2.24, 2.45) is 0 Å². The number of likely N-dealkylation sites (N-methyl/N-ethyl adjacent to an activating group) is 2. The molecule has 1 aromatic rings. The number of benzene rings is 1. The monoisotopic (exact) mass is 323 g/mol. The van der Waals surface area contributed by atoms with Crippen molar-refractivity contribution in [2.45, 2.75) is 6.54 Å². The van der Waals surface area contributed by atoms with E-state index >= 15 is 0 Å². The number of rotatable bonds is 8. The van der Waals surface area contributed by atoms with Crippen molar-refractivity contribution >= 4 is 17.6 Å². The fourth-order valence-electron chi connectivity index (χ4n) is 1.68. The quantitative estimate of drug-likeness (QED) is 0.462. The Morgan fingerprint density at radius 3 is 2.43 bits per heavy atom. The molecule has 3 amide bonds. The van der Waals surface area contributed by atoms with Gasteiger partial charge in [-0.1, -0.05) is 12.1 Å². The zero-order valence-corrected chi connectivity index (χ0v) is 13.2. The number of non-ortho nitro benzene ring substituents is 1. The lowest BCUT2D eigenvalue weighted by Crippen LogP contribution is -2.43. The van der Waals surface area contributed by atoms with Gasteiger partial charge in [-0.3, -0.25) is 14.9 Å². The van der Waals surface area contributed by atoms with E-state index in [1.54, 1.807) is 26.2 Å². The second-order valence-corrected chi connectivity index (χ2v) is 4.88. The molecule has 1 aromatic carbocycles. The highest BCUT2D eigenvalue weighted by Crippen LogP contribution is 2.11. The van der Waals surface area contributed by atoms with Crippen molar-refractivity contribution in [3.63, 3.8) is 0 Å². The largest absolute Gasteiger partial charge is 0.343 e. The molecule has 0 atom stereocenters. The lowest BCUT2D eigenvalue weighted by atomic mass is 10.2. The van der Waals surface area contributed by atoms with Gasteiger partial charge in [-0.2, -0.15) is 0 Å². The van der Waals surface area contributed by atoms with Gasteiger partial charge < -0.3 is 20.9 Å². The van der Waals surface area contributed by atoms with E-state index in [1.165, 1.54) is 17.0 Å². The number of nitrogens with one attached hydrogen (secondary N) is 3. The summed E-state index contributed by atoms with van der Waals surface area (Å²) in [5, 5.41) is 18.5. The molecule has 0 bridgehead atoms. The maximum Gasteiger partial charge on any atom is 0.315 e. The molecule has 0 aliphatic rings. The molecule has 1 rings (SSSR count). The van der Waals surface area contributed by atoms with Gasteiger partial charge in [-0.05, 0) is 12.6 Å². The van der Waals surface area contributed by atoms with Gasteiger partial charge in [-0.15, -0.1) is 0 Å². The molecule has 126 valence electrons. The first-order chi connectivity index (χ1) is 10.9. The van der Waals surface area contributed by atoms with Crippen LogP contribution in [0.15, 0.2) is 24.3 Å². The maximum atomic E-state index is 11.7. The van der Waals surface area contributed by atoms with Crippen LogP contribution < -0.4 is 16.0 Å². The maximum absolute atomic E-state index is 11.7. The first kappa shape index (κ1) is 18.4. The normalized spacial score (nSPS) is 10.0. The van der Waals surface area contributed by atoms with Crippen LogP contribution >= 0.6 is 0 Å². The smallest absolute Gasteiger partial charge is 0.315 e. The number of hydrogen-bond acceptors (Lipinski definition) is 5. The molecular weight excluding hydrogens is 302 g/mol. The summed E-state index contributed by atoms with van der Waals surface area (Å²) in [6.45, 7) is 1.36. The highest BCUT2D eigenvalue weighted by Gasteiger charge is 2.10. The zero-order valence-electron chi connectivity index (χ0n) is 13.2. The van der Waals surface area contributed by atoms with Crippen molar-refractivity contribution < 1.29 is 14.5 Å². The summed E-state index contributed by atoms with van der Waals surface area (Å²) in [5.74, 6) is -0.189. The fraction of sp³-hybridized carbons (Fsp3) is 0.429. The lowest BCUT2D eigenvalue weighted by Gasteiger charge is -2.17. The molecule has 23 heavy (non-hydrogen) atoms. The first-order valence-corrected chi connectivity index (χ1v) is 7.07. The number of nitro benzene ring substituents is 1. The molecule has 0 saturated heterocycles. The SMILES string of the molecule is CNCCN(C)C(=O)CNC(=O)NCc1ccc([N+](=O)[O-])cc1. The number of carbonyl (C=O) groups is 2. The number of nitro groups is 1. The number of amides is 3. The number of hydrogen-bond donors (Lipinski definition) is 3. The van der Waals surface area contributed by atoms with Crippen LogP contribution in [0, 0.1) is 10.1 Å². The van der Waals surface area contributed by atoms with E-state index in [4.69, 9.17) is 0 Å². The van der Waals surface area contributed by atoms with Gasteiger partial charge in [-0.25, -0.2) is 4.79 Å². The summed E-state index contributed by atoms with van der Waals surface area (Å²) in [6.07, 6.45) is 0. The number of urea groups is 1. The van der Waals surface area contributed by atoms with Gasteiger partial charge in [0.2, 0.25) is 5.91 Å². The Labute approximate surface area is 134 Å². The Morgan fingerprint density at radius 1 is 1.22 bits per heavy atom. The Balaban J connectivity index is 2.31. The molecule has 0 saturated carbocycles. The van der Waals surface area contributed by atoms with Crippen LogP contribution in [0.3, 0.4) is 0 Å². The van der Waals surface area contributed by atoms with Gasteiger partial charge in [0.1, 0.15) is 0 Å². The summed E-state index contributed by atoms with van der Waals surface area (Å²) in [5.41, 5.74) is 0.719. The standard InChI is InChI=1S/C14H21N5O4/c1-15-7-8-18(2)13(20)10-17-14(21)16-9-11-3-5-12(6-4-11)19(22)23/h3-6,15H,7-10H2,1-2H3,(H2,16,17,21). The molecule has 0 spiro atoms. The molecule has 0 aromatic heterocycles. The van der Waals surface area contributed by atoms with Crippen molar-refractivity contribution in [1.29, 1.82) is 0 Å². The van der Waals surface area contributed by atoms with E-state index in [9.17, 15) is 19.7 Å². The Hall–Kier alpha value is -2.68. The molecule has 3 N–H and O–H groups in total. The van der Waals surface area contributed by atoms with Gasteiger partial charge in [0.15, 0.2) is 0 Å². The number of nitrogens with zero attached hydrogens (tertiary/aromatic N) is 2. The average molecular weight is 323 g/mol. The van der Waals surface area contributed by atoms with Crippen LogP contribution in [0.4, 0.5) is 10.5 Å². The predicted molar refractivity (Wildman–Crippen MR) is 84.9 cm³/mol. The van der Waals surface area contributed by atoms with E-state index < -0.39 is 11.0 Å². The summed E-state index contributed by atoms with van der Waals surface area (Å²) >= 11 is 0. The highest BCUT2D eigenvalue weighted by molar-refractivity contribution is 5.83. The van der Waals surface area contributed by atoms with Crippen LogP contribution in [-0.4, -0.2) is 55.5 Å². The van der Waals surface area contributed by atoms with Crippen LogP contribution in [0.1, 0.15) is 5.56 Å². The van der Waals surface area contributed by atoms with Crippen LogP contribution in [0.2, 0.25) is 0 Å². The second kappa shape index (κ2) is 9.36. The molecule has 0 aliphatic carbocycles. The second-order valence-electron chi connectivity index (χ2n) is 4.88.